The Hall–Kier alpha value is -2.30. The monoisotopic (exact) mass is 247 g/mol. The van der Waals surface area contributed by atoms with Crippen LogP contribution in [0.5, 0.6) is 5.75 Å². The lowest BCUT2D eigenvalue weighted by molar-refractivity contribution is 0.0697. The van der Waals surface area contributed by atoms with E-state index in [0.29, 0.717) is 11.3 Å². The number of carbonyl (C=O) groups is 1. The highest BCUT2D eigenvalue weighted by molar-refractivity contribution is 5.94. The average Bonchev–Trinajstić information content (AvgIpc) is 2.81. The van der Waals surface area contributed by atoms with Crippen molar-refractivity contribution in [2.45, 2.75) is 13.8 Å². The molecule has 0 radical (unpaired) electrons. The Morgan fingerprint density at radius 1 is 1.33 bits per heavy atom. The van der Waals surface area contributed by atoms with Crippen LogP contribution in [0, 0.1) is 13.8 Å². The van der Waals surface area contributed by atoms with E-state index in [0.717, 1.165) is 11.1 Å². The normalized spacial score (nSPS) is 10.4. The molecule has 0 spiro atoms. The second kappa shape index (κ2) is 4.52. The number of carboxylic acids is 1. The molecule has 1 heterocycles. The summed E-state index contributed by atoms with van der Waals surface area (Å²) in [5, 5.41) is 12.6. The molecule has 1 aromatic carbocycles. The lowest BCUT2D eigenvalue weighted by Gasteiger charge is -2.10. The third-order valence-corrected chi connectivity index (χ3v) is 2.86. The van der Waals surface area contributed by atoms with Gasteiger partial charge in [0, 0.05) is 0 Å². The number of hydrogen-bond acceptors (Lipinski definition) is 4. The van der Waals surface area contributed by atoms with E-state index < -0.39 is 5.97 Å². The fourth-order valence-electron chi connectivity index (χ4n) is 1.72. The van der Waals surface area contributed by atoms with Crippen molar-refractivity contribution in [3.63, 3.8) is 0 Å². The predicted molar refractivity (Wildman–Crippen MR) is 64.9 cm³/mol. The Morgan fingerprint density at radius 3 is 2.61 bits per heavy atom. The highest BCUT2D eigenvalue weighted by Crippen LogP contribution is 2.34. The molecule has 0 aliphatic carbocycles. The van der Waals surface area contributed by atoms with Gasteiger partial charge in [-0.3, -0.25) is 0 Å². The van der Waals surface area contributed by atoms with Crippen molar-refractivity contribution in [3.05, 3.63) is 35.0 Å². The van der Waals surface area contributed by atoms with Crippen molar-refractivity contribution in [3.8, 4) is 17.1 Å². The quantitative estimate of drug-likeness (QED) is 0.902. The Morgan fingerprint density at radius 2 is 2.00 bits per heavy atom. The van der Waals surface area contributed by atoms with E-state index in [1.54, 1.807) is 0 Å². The van der Waals surface area contributed by atoms with E-state index in [1.807, 2.05) is 26.0 Å². The van der Waals surface area contributed by atoms with Crippen LogP contribution in [0.1, 0.15) is 21.5 Å². The molecule has 18 heavy (non-hydrogen) atoms. The van der Waals surface area contributed by atoms with Gasteiger partial charge in [0.15, 0.2) is 5.76 Å². The first-order chi connectivity index (χ1) is 8.54. The molecule has 0 bridgehead atoms. The largest absolute Gasteiger partial charge is 0.496 e. The molecule has 5 nitrogen and oxygen atoms in total. The van der Waals surface area contributed by atoms with Crippen molar-refractivity contribution < 1.29 is 19.2 Å². The highest BCUT2D eigenvalue weighted by Gasteiger charge is 2.20. The van der Waals surface area contributed by atoms with Gasteiger partial charge in [0.05, 0.1) is 18.9 Å². The number of nitrogens with zero attached hydrogens (tertiary/aromatic N) is 1. The third kappa shape index (κ3) is 1.95. The van der Waals surface area contributed by atoms with E-state index in [-0.39, 0.29) is 11.3 Å². The zero-order valence-corrected chi connectivity index (χ0v) is 10.4. The van der Waals surface area contributed by atoms with Crippen LogP contribution in [-0.2, 0) is 0 Å². The Labute approximate surface area is 104 Å². The first-order valence-electron chi connectivity index (χ1n) is 5.38. The predicted octanol–water partition coefficient (Wildman–Crippen LogP) is 2.67. The highest BCUT2D eigenvalue weighted by atomic mass is 16.5. The Bertz CT molecular complexity index is 601. The van der Waals surface area contributed by atoms with Crippen LogP contribution in [0.3, 0.4) is 0 Å². The SMILES string of the molecule is COc1cc(C)c(C)cc1-c1oncc1C(=O)O. The van der Waals surface area contributed by atoms with E-state index >= 15 is 0 Å². The van der Waals surface area contributed by atoms with Crippen LogP contribution in [0.4, 0.5) is 0 Å². The molecule has 0 amide bonds. The molecular weight excluding hydrogens is 234 g/mol. The number of aromatic nitrogens is 1. The van der Waals surface area contributed by atoms with Gasteiger partial charge < -0.3 is 14.4 Å². The van der Waals surface area contributed by atoms with Gasteiger partial charge in [-0.1, -0.05) is 5.16 Å². The molecule has 0 unspecified atom stereocenters. The molecule has 0 saturated heterocycles. The lowest BCUT2D eigenvalue weighted by atomic mass is 10.0. The Kier molecular flexibility index (Phi) is 3.06. The topological polar surface area (TPSA) is 72.6 Å². The standard InChI is InChI=1S/C13H13NO4/c1-7-4-9(11(17-3)5-8(7)2)12-10(13(15)16)6-14-18-12/h4-6H,1-3H3,(H,15,16). The molecule has 0 saturated carbocycles. The minimum absolute atomic E-state index is 0.0246. The number of aromatic carboxylic acids is 1. The number of carboxylic acid groups (broad SMARTS) is 1. The molecule has 2 rings (SSSR count). The summed E-state index contributed by atoms with van der Waals surface area (Å²) in [7, 11) is 1.53. The van der Waals surface area contributed by atoms with Gasteiger partial charge in [-0.05, 0) is 37.1 Å². The molecule has 0 aliphatic heterocycles. The summed E-state index contributed by atoms with van der Waals surface area (Å²) >= 11 is 0. The van der Waals surface area contributed by atoms with E-state index in [1.165, 1.54) is 13.3 Å². The van der Waals surface area contributed by atoms with Crippen molar-refractivity contribution in [1.29, 1.82) is 0 Å². The molecular formula is C13H13NO4. The van der Waals surface area contributed by atoms with Crippen molar-refractivity contribution >= 4 is 5.97 Å². The number of benzene rings is 1. The van der Waals surface area contributed by atoms with Crippen LogP contribution in [0.15, 0.2) is 22.9 Å². The summed E-state index contributed by atoms with van der Waals surface area (Å²) in [4.78, 5) is 11.1. The molecule has 0 aliphatic rings. The number of hydrogen-bond donors (Lipinski definition) is 1. The summed E-state index contributed by atoms with van der Waals surface area (Å²) in [6.45, 7) is 3.90. The van der Waals surface area contributed by atoms with E-state index in [9.17, 15) is 4.79 Å². The van der Waals surface area contributed by atoms with Crippen molar-refractivity contribution in [2.75, 3.05) is 7.11 Å². The molecule has 5 heteroatoms. The third-order valence-electron chi connectivity index (χ3n) is 2.86. The van der Waals surface area contributed by atoms with Crippen LogP contribution in [-0.4, -0.2) is 23.3 Å². The van der Waals surface area contributed by atoms with Gasteiger partial charge in [-0.15, -0.1) is 0 Å². The second-order valence-electron chi connectivity index (χ2n) is 4.01. The van der Waals surface area contributed by atoms with Gasteiger partial charge in [0.2, 0.25) is 0 Å². The average molecular weight is 247 g/mol. The smallest absolute Gasteiger partial charge is 0.341 e. The second-order valence-corrected chi connectivity index (χ2v) is 4.01. The van der Waals surface area contributed by atoms with Crippen LogP contribution < -0.4 is 4.74 Å². The minimum Gasteiger partial charge on any atom is -0.496 e. The fraction of sp³-hybridized carbons (Fsp3) is 0.231. The van der Waals surface area contributed by atoms with Crippen LogP contribution >= 0.6 is 0 Å². The van der Waals surface area contributed by atoms with Crippen molar-refractivity contribution in [2.24, 2.45) is 0 Å². The summed E-state index contributed by atoms with van der Waals surface area (Å²) < 4.78 is 10.3. The number of aryl methyl sites for hydroxylation is 2. The van der Waals surface area contributed by atoms with Gasteiger partial charge in [0.1, 0.15) is 11.3 Å². The Balaban J connectivity index is 2.66. The maximum atomic E-state index is 11.1. The maximum absolute atomic E-state index is 11.1. The summed E-state index contributed by atoms with van der Waals surface area (Å²) in [6.07, 6.45) is 1.19. The maximum Gasteiger partial charge on any atom is 0.341 e. The zero-order chi connectivity index (χ0) is 13.3. The molecule has 94 valence electrons. The minimum atomic E-state index is -1.08. The fourth-order valence-corrected chi connectivity index (χ4v) is 1.72. The van der Waals surface area contributed by atoms with E-state index in [4.69, 9.17) is 14.4 Å². The first kappa shape index (κ1) is 12.2. The van der Waals surface area contributed by atoms with Gasteiger partial charge in [-0.2, -0.15) is 0 Å². The molecule has 2 aromatic rings. The number of methoxy groups -OCH3 is 1. The zero-order valence-electron chi connectivity index (χ0n) is 10.4. The van der Waals surface area contributed by atoms with E-state index in [2.05, 4.69) is 5.16 Å². The van der Waals surface area contributed by atoms with Crippen LogP contribution in [0.2, 0.25) is 0 Å². The van der Waals surface area contributed by atoms with Gasteiger partial charge in [-0.25, -0.2) is 4.79 Å². The van der Waals surface area contributed by atoms with Crippen molar-refractivity contribution in [1.82, 2.24) is 5.16 Å². The summed E-state index contributed by atoms with van der Waals surface area (Å²) in [5.41, 5.74) is 2.71. The number of rotatable bonds is 3. The molecule has 1 aromatic heterocycles. The van der Waals surface area contributed by atoms with Crippen LogP contribution in [0.25, 0.3) is 11.3 Å². The first-order valence-corrected chi connectivity index (χ1v) is 5.38. The van der Waals surface area contributed by atoms with Gasteiger partial charge in [0.25, 0.3) is 0 Å². The molecule has 1 N–H and O–H groups in total. The molecule has 0 atom stereocenters. The summed E-state index contributed by atoms with van der Waals surface area (Å²) in [5.74, 6) is -0.300. The summed E-state index contributed by atoms with van der Waals surface area (Å²) in [6, 6.07) is 3.68. The molecule has 0 fully saturated rings. The lowest BCUT2D eigenvalue weighted by Crippen LogP contribution is -1.98. The van der Waals surface area contributed by atoms with Gasteiger partial charge >= 0.3 is 5.97 Å². The number of ether oxygens (including phenoxy) is 1.